The Morgan fingerprint density at radius 1 is 1.54 bits per heavy atom. The molecule has 24 heavy (non-hydrogen) atoms. The maximum absolute atomic E-state index is 11.4. The second-order valence-corrected chi connectivity index (χ2v) is 7.61. The Hall–Kier alpha value is -1.96. The molecule has 3 rings (SSSR count). The van der Waals surface area contributed by atoms with E-state index in [1.54, 1.807) is 13.2 Å². The molecule has 3 heterocycles. The number of aromatic nitrogens is 3. The summed E-state index contributed by atoms with van der Waals surface area (Å²) in [6.45, 7) is 6.50. The van der Waals surface area contributed by atoms with Crippen molar-refractivity contribution in [3.8, 4) is 0 Å². The molecule has 1 saturated heterocycles. The molecule has 8 heteroatoms. The molecule has 0 spiro atoms. The molecule has 0 bridgehead atoms. The van der Waals surface area contributed by atoms with Crippen LogP contribution in [0.2, 0.25) is 0 Å². The molecule has 2 aromatic rings. The number of furan rings is 1. The Morgan fingerprint density at radius 3 is 3.04 bits per heavy atom. The smallest absolute Gasteiger partial charge is 0.230 e. The molecule has 1 amide bonds. The normalized spacial score (nSPS) is 19.4. The van der Waals surface area contributed by atoms with E-state index >= 15 is 0 Å². The lowest BCUT2D eigenvalue weighted by Crippen LogP contribution is -2.36. The minimum Gasteiger partial charge on any atom is -0.467 e. The van der Waals surface area contributed by atoms with Crippen LogP contribution in [0.4, 0.5) is 5.95 Å². The number of hydrogen-bond acceptors (Lipinski definition) is 6. The van der Waals surface area contributed by atoms with Crippen LogP contribution >= 0.6 is 11.8 Å². The van der Waals surface area contributed by atoms with Gasteiger partial charge in [-0.15, -0.1) is 10.2 Å². The Balaban J connectivity index is 1.89. The molecule has 0 aliphatic carbocycles. The van der Waals surface area contributed by atoms with Crippen LogP contribution in [0.5, 0.6) is 0 Å². The quantitative estimate of drug-likeness (QED) is 0.804. The fraction of sp³-hybridized carbons (Fsp3) is 0.562. The molecule has 130 valence electrons. The van der Waals surface area contributed by atoms with Crippen molar-refractivity contribution >= 4 is 23.6 Å². The van der Waals surface area contributed by atoms with Crippen molar-refractivity contribution in [3.05, 3.63) is 24.2 Å². The summed E-state index contributed by atoms with van der Waals surface area (Å²) in [4.78, 5) is 13.7. The molecule has 1 aliphatic heterocycles. The molecule has 2 atom stereocenters. The van der Waals surface area contributed by atoms with Gasteiger partial charge in [-0.3, -0.25) is 9.36 Å². The molecule has 7 nitrogen and oxygen atoms in total. The summed E-state index contributed by atoms with van der Waals surface area (Å²) in [6.07, 6.45) is 4.04. The number of rotatable bonds is 6. The van der Waals surface area contributed by atoms with Crippen LogP contribution in [0, 0.1) is 5.92 Å². The van der Waals surface area contributed by atoms with Gasteiger partial charge in [-0.1, -0.05) is 18.7 Å². The van der Waals surface area contributed by atoms with Crippen molar-refractivity contribution in [1.82, 2.24) is 14.8 Å². The molecule has 1 fully saturated rings. The second kappa shape index (κ2) is 7.29. The number of anilines is 1. The first kappa shape index (κ1) is 16.9. The fourth-order valence-corrected chi connectivity index (χ4v) is 3.68. The third-order valence-corrected chi connectivity index (χ3v) is 5.31. The highest BCUT2D eigenvalue weighted by Gasteiger charge is 2.25. The summed E-state index contributed by atoms with van der Waals surface area (Å²) >= 11 is 1.33. The molecule has 2 N–H and O–H groups in total. The van der Waals surface area contributed by atoms with Crippen LogP contribution in [-0.4, -0.2) is 39.0 Å². The van der Waals surface area contributed by atoms with Gasteiger partial charge in [0.25, 0.3) is 0 Å². The van der Waals surface area contributed by atoms with Crippen LogP contribution in [0.15, 0.2) is 28.0 Å². The predicted octanol–water partition coefficient (Wildman–Crippen LogP) is 2.12. The highest BCUT2D eigenvalue weighted by molar-refractivity contribution is 8.00. The lowest BCUT2D eigenvalue weighted by Gasteiger charge is -2.31. The van der Waals surface area contributed by atoms with Gasteiger partial charge in [0, 0.05) is 13.1 Å². The third kappa shape index (κ3) is 3.75. The molecule has 0 unspecified atom stereocenters. The minimum absolute atomic E-state index is 0.360. The van der Waals surface area contributed by atoms with Crippen LogP contribution in [-0.2, 0) is 11.3 Å². The van der Waals surface area contributed by atoms with Gasteiger partial charge in [0.2, 0.25) is 11.9 Å². The zero-order chi connectivity index (χ0) is 17.1. The van der Waals surface area contributed by atoms with E-state index in [1.165, 1.54) is 18.2 Å². The first-order chi connectivity index (χ1) is 11.5. The number of primary amides is 1. The molecule has 0 radical (unpaired) electrons. The number of nitrogens with two attached hydrogens (primary N) is 1. The second-order valence-electron chi connectivity index (χ2n) is 6.30. The number of carbonyl (C=O) groups excluding carboxylic acids is 1. The molecule has 0 saturated carbocycles. The predicted molar refractivity (Wildman–Crippen MR) is 93.0 cm³/mol. The van der Waals surface area contributed by atoms with Crippen molar-refractivity contribution in [2.45, 2.75) is 43.6 Å². The van der Waals surface area contributed by atoms with Crippen LogP contribution in [0.25, 0.3) is 0 Å². The molecule has 0 aromatic carbocycles. The summed E-state index contributed by atoms with van der Waals surface area (Å²) in [7, 11) is 0. The van der Waals surface area contributed by atoms with Gasteiger partial charge in [0.1, 0.15) is 5.76 Å². The number of hydrogen-bond donors (Lipinski definition) is 1. The van der Waals surface area contributed by atoms with Gasteiger partial charge in [-0.05, 0) is 37.8 Å². The number of nitrogens with zero attached hydrogens (tertiary/aromatic N) is 4. The maximum Gasteiger partial charge on any atom is 0.230 e. The van der Waals surface area contributed by atoms with Gasteiger partial charge >= 0.3 is 0 Å². The number of amides is 1. The summed E-state index contributed by atoms with van der Waals surface area (Å²) < 4.78 is 7.50. The Morgan fingerprint density at radius 2 is 2.38 bits per heavy atom. The van der Waals surface area contributed by atoms with Gasteiger partial charge < -0.3 is 15.1 Å². The lowest BCUT2D eigenvalue weighted by atomic mass is 10.0. The highest BCUT2D eigenvalue weighted by atomic mass is 32.2. The van der Waals surface area contributed by atoms with E-state index in [1.807, 2.05) is 16.7 Å². The third-order valence-electron chi connectivity index (χ3n) is 4.21. The first-order valence-electron chi connectivity index (χ1n) is 8.21. The lowest BCUT2D eigenvalue weighted by molar-refractivity contribution is -0.117. The zero-order valence-electron chi connectivity index (χ0n) is 14.0. The average molecular weight is 349 g/mol. The van der Waals surface area contributed by atoms with E-state index in [-0.39, 0.29) is 11.2 Å². The van der Waals surface area contributed by atoms with Gasteiger partial charge in [-0.25, -0.2) is 0 Å². The van der Waals surface area contributed by atoms with E-state index in [0.29, 0.717) is 17.6 Å². The number of carbonyl (C=O) groups is 1. The molecular formula is C16H23N5O2S. The van der Waals surface area contributed by atoms with Gasteiger partial charge in [0.15, 0.2) is 5.16 Å². The first-order valence-corrected chi connectivity index (χ1v) is 9.09. The number of piperidine rings is 1. The number of thioether (sulfide) groups is 1. The summed E-state index contributed by atoms with van der Waals surface area (Å²) in [5.74, 6) is 1.93. The van der Waals surface area contributed by atoms with Gasteiger partial charge in [-0.2, -0.15) is 0 Å². The van der Waals surface area contributed by atoms with Crippen molar-refractivity contribution in [3.63, 3.8) is 0 Å². The summed E-state index contributed by atoms with van der Waals surface area (Å²) in [5.41, 5.74) is 5.39. The van der Waals surface area contributed by atoms with E-state index in [9.17, 15) is 4.79 Å². The van der Waals surface area contributed by atoms with Crippen molar-refractivity contribution in [2.24, 2.45) is 11.7 Å². The van der Waals surface area contributed by atoms with Crippen molar-refractivity contribution in [2.75, 3.05) is 18.0 Å². The largest absolute Gasteiger partial charge is 0.467 e. The fourth-order valence-electron chi connectivity index (χ4n) is 2.89. The average Bonchev–Trinajstić information content (AvgIpc) is 3.18. The van der Waals surface area contributed by atoms with Crippen molar-refractivity contribution in [1.29, 1.82) is 0 Å². The standard InChI is InChI=1S/C16H23N5O2S/c1-11-5-3-7-20(9-11)15-18-19-16(24-12(2)14(17)22)21(15)10-13-6-4-8-23-13/h4,6,8,11-12H,3,5,7,9-10H2,1-2H3,(H2,17,22)/t11-,12+/m1/s1. The van der Waals surface area contributed by atoms with E-state index in [0.717, 1.165) is 31.2 Å². The highest BCUT2D eigenvalue weighted by Crippen LogP contribution is 2.29. The summed E-state index contributed by atoms with van der Waals surface area (Å²) in [6, 6.07) is 3.79. The minimum atomic E-state index is -0.363. The Kier molecular flexibility index (Phi) is 5.13. The Bertz CT molecular complexity index is 685. The molecular weight excluding hydrogens is 326 g/mol. The maximum atomic E-state index is 11.4. The SMILES string of the molecule is C[C@@H]1CCCN(c2nnc(S[C@@H](C)C(N)=O)n2Cc2ccco2)C1. The topological polar surface area (TPSA) is 90.2 Å². The van der Waals surface area contributed by atoms with Gasteiger partial charge in [0.05, 0.1) is 18.1 Å². The van der Waals surface area contributed by atoms with Crippen LogP contribution < -0.4 is 10.6 Å². The molecule has 2 aromatic heterocycles. The van der Waals surface area contributed by atoms with Crippen molar-refractivity contribution < 1.29 is 9.21 Å². The molecule has 1 aliphatic rings. The van der Waals surface area contributed by atoms with E-state index < -0.39 is 0 Å². The van der Waals surface area contributed by atoms with Crippen LogP contribution in [0.1, 0.15) is 32.4 Å². The van der Waals surface area contributed by atoms with E-state index in [2.05, 4.69) is 22.0 Å². The zero-order valence-corrected chi connectivity index (χ0v) is 14.8. The monoisotopic (exact) mass is 349 g/mol. The van der Waals surface area contributed by atoms with E-state index in [4.69, 9.17) is 10.2 Å². The van der Waals surface area contributed by atoms with Crippen LogP contribution in [0.3, 0.4) is 0 Å². The Labute approximate surface area is 145 Å². The summed E-state index contributed by atoms with van der Waals surface area (Å²) in [5, 5.41) is 9.02.